The molecule has 0 spiro atoms. The molecule has 8 heteroatoms. The summed E-state index contributed by atoms with van der Waals surface area (Å²) in [6.45, 7) is 3.33. The van der Waals surface area contributed by atoms with Gasteiger partial charge in [-0.1, -0.05) is 6.07 Å². The van der Waals surface area contributed by atoms with Crippen molar-refractivity contribution in [3.63, 3.8) is 0 Å². The van der Waals surface area contributed by atoms with E-state index in [0.717, 1.165) is 37.5 Å². The first kappa shape index (κ1) is 18.2. The molecule has 1 aliphatic rings. The summed E-state index contributed by atoms with van der Waals surface area (Å²) in [7, 11) is 0. The van der Waals surface area contributed by atoms with Gasteiger partial charge in [0.2, 0.25) is 0 Å². The topological polar surface area (TPSA) is 79.7 Å². The van der Waals surface area contributed by atoms with E-state index in [1.54, 1.807) is 16.9 Å². The van der Waals surface area contributed by atoms with Crippen LogP contribution in [-0.4, -0.2) is 49.3 Å². The fraction of sp³-hybridized carbons (Fsp3) is 0.333. The highest BCUT2D eigenvalue weighted by atomic mass is 32.1. The van der Waals surface area contributed by atoms with Crippen molar-refractivity contribution >= 4 is 22.2 Å². The maximum Gasteiger partial charge on any atom is 0.258 e. The Morgan fingerprint density at radius 2 is 2.10 bits per heavy atom. The lowest BCUT2D eigenvalue weighted by atomic mass is 9.95. The van der Waals surface area contributed by atoms with E-state index in [4.69, 9.17) is 0 Å². The minimum absolute atomic E-state index is 0.169. The predicted octanol–water partition coefficient (Wildman–Crippen LogP) is 2.99. The smallest absolute Gasteiger partial charge is 0.258 e. The van der Waals surface area contributed by atoms with Crippen LogP contribution in [0.1, 0.15) is 29.2 Å². The first-order chi connectivity index (χ1) is 14.3. The van der Waals surface area contributed by atoms with Gasteiger partial charge in [0.1, 0.15) is 5.52 Å². The number of pyridine rings is 1. The first-order valence-corrected chi connectivity index (χ1v) is 10.8. The summed E-state index contributed by atoms with van der Waals surface area (Å²) in [4.78, 5) is 27.3. The SMILES string of the molecule is O=c1[nH]cnc2c(-n3cc(CCN4CCC(c5cccs5)CC4)cn3)nccc12. The van der Waals surface area contributed by atoms with Crippen molar-refractivity contribution in [3.8, 4) is 5.82 Å². The summed E-state index contributed by atoms with van der Waals surface area (Å²) in [6, 6.07) is 6.10. The lowest BCUT2D eigenvalue weighted by Gasteiger charge is -2.31. The maximum absolute atomic E-state index is 12.0. The standard InChI is InChI=1S/C21H22N6OS/c28-21-17-3-7-22-20(19(17)23-14-24-21)27-13-15(12-25-27)4-8-26-9-5-16(6-10-26)18-2-1-11-29-18/h1-3,7,11-14,16H,4-6,8-10H2,(H,23,24,28). The zero-order valence-electron chi connectivity index (χ0n) is 16.0. The van der Waals surface area contributed by atoms with E-state index < -0.39 is 0 Å². The molecule has 4 aromatic rings. The maximum atomic E-state index is 12.0. The Kier molecular flexibility index (Phi) is 4.95. The second kappa shape index (κ2) is 7.88. The average molecular weight is 407 g/mol. The van der Waals surface area contributed by atoms with Crippen molar-refractivity contribution in [2.75, 3.05) is 19.6 Å². The molecule has 0 radical (unpaired) electrons. The van der Waals surface area contributed by atoms with Crippen molar-refractivity contribution in [1.29, 1.82) is 0 Å². The molecule has 0 aromatic carbocycles. The number of hydrogen-bond acceptors (Lipinski definition) is 6. The third-order valence-electron chi connectivity index (χ3n) is 5.64. The normalized spacial score (nSPS) is 15.9. The van der Waals surface area contributed by atoms with Crippen molar-refractivity contribution < 1.29 is 0 Å². The monoisotopic (exact) mass is 406 g/mol. The third-order valence-corrected chi connectivity index (χ3v) is 6.68. The second-order valence-corrected chi connectivity index (χ2v) is 8.42. The van der Waals surface area contributed by atoms with Gasteiger partial charge in [-0.3, -0.25) is 4.79 Å². The van der Waals surface area contributed by atoms with E-state index in [-0.39, 0.29) is 5.56 Å². The zero-order chi connectivity index (χ0) is 19.6. The van der Waals surface area contributed by atoms with E-state index in [0.29, 0.717) is 16.7 Å². The number of thiophene rings is 1. The fourth-order valence-electron chi connectivity index (χ4n) is 4.01. The molecule has 0 amide bonds. The van der Waals surface area contributed by atoms with Crippen LogP contribution >= 0.6 is 11.3 Å². The number of aromatic amines is 1. The highest BCUT2D eigenvalue weighted by molar-refractivity contribution is 7.10. The van der Waals surface area contributed by atoms with Gasteiger partial charge in [0.05, 0.1) is 17.9 Å². The first-order valence-electron chi connectivity index (χ1n) is 9.90. The lowest BCUT2D eigenvalue weighted by Crippen LogP contribution is -2.34. The van der Waals surface area contributed by atoms with E-state index in [1.807, 2.05) is 23.7 Å². The molecule has 1 aliphatic heterocycles. The molecule has 0 aliphatic carbocycles. The molecule has 1 fully saturated rings. The number of nitrogens with one attached hydrogen (secondary N) is 1. The number of aromatic nitrogens is 5. The Labute approximate surface area is 172 Å². The molecule has 0 bridgehead atoms. The summed E-state index contributed by atoms with van der Waals surface area (Å²) < 4.78 is 1.72. The Balaban J connectivity index is 1.24. The Hall–Kier alpha value is -2.84. The number of rotatable bonds is 5. The molecule has 7 nitrogen and oxygen atoms in total. The number of H-pyrrole nitrogens is 1. The summed E-state index contributed by atoms with van der Waals surface area (Å²) >= 11 is 1.88. The molecule has 0 atom stereocenters. The lowest BCUT2D eigenvalue weighted by molar-refractivity contribution is 0.216. The molecule has 5 rings (SSSR count). The van der Waals surface area contributed by atoms with E-state index >= 15 is 0 Å². The van der Waals surface area contributed by atoms with Gasteiger partial charge in [0.15, 0.2) is 5.82 Å². The van der Waals surface area contributed by atoms with Gasteiger partial charge in [-0.05, 0) is 61.3 Å². The molecular formula is C21H22N6OS. The summed E-state index contributed by atoms with van der Waals surface area (Å²) in [5.74, 6) is 1.30. The van der Waals surface area contributed by atoms with Crippen molar-refractivity contribution in [2.24, 2.45) is 0 Å². The van der Waals surface area contributed by atoms with Gasteiger partial charge in [0.25, 0.3) is 5.56 Å². The Morgan fingerprint density at radius 3 is 2.93 bits per heavy atom. The minimum Gasteiger partial charge on any atom is -0.313 e. The molecule has 0 saturated carbocycles. The highest BCUT2D eigenvalue weighted by Crippen LogP contribution is 2.31. The minimum atomic E-state index is -0.169. The van der Waals surface area contributed by atoms with E-state index in [9.17, 15) is 4.79 Å². The molecule has 1 saturated heterocycles. The summed E-state index contributed by atoms with van der Waals surface area (Å²) in [5.41, 5.74) is 1.55. The summed E-state index contributed by atoms with van der Waals surface area (Å²) in [5, 5.41) is 7.15. The van der Waals surface area contributed by atoms with Crippen LogP contribution in [0, 0.1) is 0 Å². The molecule has 1 N–H and O–H groups in total. The van der Waals surface area contributed by atoms with Crippen LogP contribution in [0.5, 0.6) is 0 Å². The van der Waals surface area contributed by atoms with Crippen LogP contribution in [0.4, 0.5) is 0 Å². The van der Waals surface area contributed by atoms with Crippen molar-refractivity contribution in [3.05, 3.63) is 69.3 Å². The van der Waals surface area contributed by atoms with Crippen LogP contribution in [0.15, 0.2) is 53.3 Å². The van der Waals surface area contributed by atoms with Gasteiger partial charge in [-0.15, -0.1) is 11.3 Å². The fourth-order valence-corrected chi connectivity index (χ4v) is 4.91. The molecule has 0 unspecified atom stereocenters. The number of fused-ring (bicyclic) bond motifs is 1. The molecule has 29 heavy (non-hydrogen) atoms. The number of nitrogens with zero attached hydrogens (tertiary/aromatic N) is 5. The van der Waals surface area contributed by atoms with Gasteiger partial charge in [-0.25, -0.2) is 14.6 Å². The van der Waals surface area contributed by atoms with Crippen LogP contribution in [0.2, 0.25) is 0 Å². The van der Waals surface area contributed by atoms with Crippen molar-refractivity contribution in [1.82, 2.24) is 29.6 Å². The zero-order valence-corrected chi connectivity index (χ0v) is 16.8. The average Bonchev–Trinajstić information content (AvgIpc) is 3.45. The number of likely N-dealkylation sites (tertiary alicyclic amines) is 1. The molecule has 4 aromatic heterocycles. The largest absolute Gasteiger partial charge is 0.313 e. The molecule has 148 valence electrons. The van der Waals surface area contributed by atoms with Crippen LogP contribution < -0.4 is 5.56 Å². The Morgan fingerprint density at radius 1 is 1.21 bits per heavy atom. The predicted molar refractivity (Wildman–Crippen MR) is 114 cm³/mol. The van der Waals surface area contributed by atoms with Gasteiger partial charge in [0, 0.05) is 23.8 Å². The van der Waals surface area contributed by atoms with E-state index in [2.05, 4.69) is 42.5 Å². The number of hydrogen-bond donors (Lipinski definition) is 1. The van der Waals surface area contributed by atoms with Crippen molar-refractivity contribution in [2.45, 2.75) is 25.2 Å². The Bertz CT molecular complexity index is 1160. The molecular weight excluding hydrogens is 384 g/mol. The van der Waals surface area contributed by atoms with Crippen LogP contribution in [0.3, 0.4) is 0 Å². The van der Waals surface area contributed by atoms with Gasteiger partial charge < -0.3 is 9.88 Å². The van der Waals surface area contributed by atoms with Gasteiger partial charge in [-0.2, -0.15) is 5.10 Å². The quantitative estimate of drug-likeness (QED) is 0.551. The van der Waals surface area contributed by atoms with Crippen LogP contribution in [-0.2, 0) is 6.42 Å². The second-order valence-electron chi connectivity index (χ2n) is 7.44. The summed E-state index contributed by atoms with van der Waals surface area (Å²) in [6.07, 6.45) is 10.3. The molecule has 5 heterocycles. The number of piperidine rings is 1. The highest BCUT2D eigenvalue weighted by Gasteiger charge is 2.21. The van der Waals surface area contributed by atoms with E-state index in [1.165, 1.54) is 24.0 Å². The van der Waals surface area contributed by atoms with Gasteiger partial charge >= 0.3 is 0 Å². The van der Waals surface area contributed by atoms with Crippen LogP contribution in [0.25, 0.3) is 16.7 Å². The third kappa shape index (κ3) is 3.73.